The Morgan fingerprint density at radius 2 is 2.04 bits per heavy atom. The van der Waals surface area contributed by atoms with Crippen molar-refractivity contribution in [3.8, 4) is 0 Å². The zero-order valence-corrected chi connectivity index (χ0v) is 15.2. The van der Waals surface area contributed by atoms with Crippen molar-refractivity contribution < 1.29 is 0 Å². The smallest absolute Gasteiger partial charge is 0.216 e. The van der Waals surface area contributed by atoms with Gasteiger partial charge in [-0.1, -0.05) is 29.8 Å². The summed E-state index contributed by atoms with van der Waals surface area (Å²) < 4.78 is 3.97. The minimum atomic E-state index is 0.461. The first-order valence-electron chi connectivity index (χ1n) is 7.43. The summed E-state index contributed by atoms with van der Waals surface area (Å²) in [6.07, 6.45) is 1.76. The number of hydrogen-bond acceptors (Lipinski definition) is 4. The summed E-state index contributed by atoms with van der Waals surface area (Å²) in [5.74, 6) is 0.704. The number of rotatable bonds is 4. The van der Waals surface area contributed by atoms with E-state index in [4.69, 9.17) is 23.8 Å². The molecule has 0 aliphatic carbocycles. The van der Waals surface area contributed by atoms with Gasteiger partial charge in [0, 0.05) is 16.3 Å². The summed E-state index contributed by atoms with van der Waals surface area (Å²) in [5, 5.41) is 16.5. The minimum Gasteiger partial charge on any atom is -0.264 e. The van der Waals surface area contributed by atoms with Crippen molar-refractivity contribution in [2.45, 2.75) is 27.3 Å². The van der Waals surface area contributed by atoms with E-state index in [0.29, 0.717) is 17.1 Å². The molecule has 8 heteroatoms. The highest BCUT2D eigenvalue weighted by molar-refractivity contribution is 7.71. The van der Waals surface area contributed by atoms with Crippen molar-refractivity contribution in [1.82, 2.24) is 24.7 Å². The highest BCUT2D eigenvalue weighted by atomic mass is 35.5. The zero-order valence-electron chi connectivity index (χ0n) is 13.6. The third kappa shape index (κ3) is 3.18. The van der Waals surface area contributed by atoms with E-state index in [-0.39, 0.29) is 0 Å². The number of halogens is 1. The minimum absolute atomic E-state index is 0.461. The number of aryl methyl sites for hydroxylation is 2. The lowest BCUT2D eigenvalue weighted by Gasteiger charge is -2.06. The summed E-state index contributed by atoms with van der Waals surface area (Å²) in [6.45, 7) is 6.42. The van der Waals surface area contributed by atoms with Crippen LogP contribution in [0.25, 0.3) is 0 Å². The molecular formula is C16H17ClN6S. The molecule has 0 amide bonds. The van der Waals surface area contributed by atoms with Gasteiger partial charge in [0.25, 0.3) is 0 Å². The Labute approximate surface area is 149 Å². The van der Waals surface area contributed by atoms with Crippen molar-refractivity contribution in [2.24, 2.45) is 5.10 Å². The number of nitrogens with one attached hydrogen (secondary N) is 1. The van der Waals surface area contributed by atoms with Gasteiger partial charge in [0.2, 0.25) is 4.77 Å². The third-order valence-electron chi connectivity index (χ3n) is 3.83. The Kier molecular flexibility index (Phi) is 4.64. The number of aromatic nitrogens is 5. The summed E-state index contributed by atoms with van der Waals surface area (Å²) in [6, 6.07) is 7.77. The molecule has 0 fully saturated rings. The van der Waals surface area contributed by atoms with Crippen LogP contribution in [0.5, 0.6) is 0 Å². The summed E-state index contributed by atoms with van der Waals surface area (Å²) in [5.41, 5.74) is 3.91. The Balaban J connectivity index is 1.93. The van der Waals surface area contributed by atoms with Gasteiger partial charge in [-0.15, -0.1) is 0 Å². The fourth-order valence-corrected chi connectivity index (χ4v) is 2.88. The SMILES string of the molecule is Cc1nn(Cc2ccccc2Cl)c(C)c1C=Nn1c(C)n[nH]c1=S. The monoisotopic (exact) mass is 360 g/mol. The van der Waals surface area contributed by atoms with Crippen molar-refractivity contribution in [3.63, 3.8) is 0 Å². The second kappa shape index (κ2) is 6.70. The topological polar surface area (TPSA) is 63.8 Å². The largest absolute Gasteiger partial charge is 0.264 e. The van der Waals surface area contributed by atoms with Crippen molar-refractivity contribution in [3.05, 3.63) is 62.4 Å². The molecule has 1 N–H and O–H groups in total. The first kappa shape index (κ1) is 16.6. The maximum absolute atomic E-state index is 6.24. The summed E-state index contributed by atoms with van der Waals surface area (Å²) in [4.78, 5) is 0. The quantitative estimate of drug-likeness (QED) is 0.570. The van der Waals surface area contributed by atoms with Crippen molar-refractivity contribution in [2.75, 3.05) is 0 Å². The van der Waals surface area contributed by atoms with Gasteiger partial charge in [0.15, 0.2) is 0 Å². The first-order valence-corrected chi connectivity index (χ1v) is 8.21. The van der Waals surface area contributed by atoms with Crippen molar-refractivity contribution >= 4 is 30.0 Å². The molecule has 124 valence electrons. The van der Waals surface area contributed by atoms with E-state index in [1.54, 1.807) is 10.9 Å². The molecule has 0 saturated carbocycles. The maximum atomic E-state index is 6.24. The fraction of sp³-hybridized carbons (Fsp3) is 0.250. The first-order chi connectivity index (χ1) is 11.5. The van der Waals surface area contributed by atoms with Crippen LogP contribution in [0.2, 0.25) is 5.02 Å². The molecule has 1 aromatic carbocycles. The second-order valence-electron chi connectivity index (χ2n) is 5.47. The summed E-state index contributed by atoms with van der Waals surface area (Å²) >= 11 is 11.4. The van der Waals surface area contributed by atoms with E-state index in [1.807, 2.05) is 49.7 Å². The molecule has 3 rings (SSSR count). The molecule has 6 nitrogen and oxygen atoms in total. The molecule has 0 radical (unpaired) electrons. The number of aromatic amines is 1. The second-order valence-corrected chi connectivity index (χ2v) is 6.26. The molecule has 0 atom stereocenters. The maximum Gasteiger partial charge on any atom is 0.216 e. The lowest BCUT2D eigenvalue weighted by molar-refractivity contribution is 0.659. The van der Waals surface area contributed by atoms with Crippen LogP contribution in [0, 0.1) is 25.5 Å². The highest BCUT2D eigenvalue weighted by Gasteiger charge is 2.11. The number of benzene rings is 1. The zero-order chi connectivity index (χ0) is 17.3. The van der Waals surface area contributed by atoms with Crippen LogP contribution < -0.4 is 0 Å². The van der Waals surface area contributed by atoms with Gasteiger partial charge in [-0.3, -0.25) is 9.78 Å². The number of nitrogens with zero attached hydrogens (tertiary/aromatic N) is 5. The lowest BCUT2D eigenvalue weighted by Crippen LogP contribution is -2.05. The molecule has 24 heavy (non-hydrogen) atoms. The Morgan fingerprint density at radius 3 is 2.71 bits per heavy atom. The molecule has 3 aromatic rings. The van der Waals surface area contributed by atoms with E-state index in [2.05, 4.69) is 20.4 Å². The average Bonchev–Trinajstić information content (AvgIpc) is 3.00. The summed E-state index contributed by atoms with van der Waals surface area (Å²) in [7, 11) is 0. The van der Waals surface area contributed by atoms with Crippen LogP contribution in [-0.4, -0.2) is 30.9 Å². The van der Waals surface area contributed by atoms with E-state index in [0.717, 1.165) is 27.5 Å². The molecule has 2 aromatic heterocycles. The molecule has 2 heterocycles. The number of H-pyrrole nitrogens is 1. The Bertz CT molecular complexity index is 965. The Hall–Kier alpha value is -2.25. The van der Waals surface area contributed by atoms with Crippen LogP contribution in [0.15, 0.2) is 29.4 Å². The van der Waals surface area contributed by atoms with E-state index < -0.39 is 0 Å². The van der Waals surface area contributed by atoms with Gasteiger partial charge in [-0.25, -0.2) is 0 Å². The van der Waals surface area contributed by atoms with Crippen LogP contribution in [0.4, 0.5) is 0 Å². The van der Waals surface area contributed by atoms with Gasteiger partial charge >= 0.3 is 0 Å². The van der Waals surface area contributed by atoms with Gasteiger partial charge < -0.3 is 0 Å². The lowest BCUT2D eigenvalue weighted by atomic mass is 10.2. The fourth-order valence-electron chi connectivity index (χ4n) is 2.46. The molecule has 0 spiro atoms. The molecule has 0 aliphatic heterocycles. The van der Waals surface area contributed by atoms with Crippen LogP contribution in [-0.2, 0) is 6.54 Å². The predicted octanol–water partition coefficient (Wildman–Crippen LogP) is 3.65. The normalized spacial score (nSPS) is 11.5. The Morgan fingerprint density at radius 1 is 1.29 bits per heavy atom. The van der Waals surface area contributed by atoms with E-state index >= 15 is 0 Å². The standard InChI is InChI=1S/C16H17ClN6S/c1-10-14(8-18-23-12(3)19-20-16(23)24)11(2)22(21-10)9-13-6-4-5-7-15(13)17/h4-8H,9H2,1-3H3,(H,20,24). The molecular weight excluding hydrogens is 344 g/mol. The van der Waals surface area contributed by atoms with Gasteiger partial charge in [-0.05, 0) is 44.6 Å². The molecule has 0 aliphatic rings. The van der Waals surface area contributed by atoms with Gasteiger partial charge in [-0.2, -0.15) is 20.0 Å². The molecule has 0 saturated heterocycles. The van der Waals surface area contributed by atoms with Crippen LogP contribution in [0.3, 0.4) is 0 Å². The van der Waals surface area contributed by atoms with E-state index in [9.17, 15) is 0 Å². The van der Waals surface area contributed by atoms with Crippen molar-refractivity contribution in [1.29, 1.82) is 0 Å². The van der Waals surface area contributed by atoms with Gasteiger partial charge in [0.05, 0.1) is 18.5 Å². The highest BCUT2D eigenvalue weighted by Crippen LogP contribution is 2.18. The molecule has 0 bridgehead atoms. The molecule has 0 unspecified atom stereocenters. The van der Waals surface area contributed by atoms with Gasteiger partial charge in [0.1, 0.15) is 5.82 Å². The van der Waals surface area contributed by atoms with Crippen LogP contribution in [0.1, 0.15) is 28.3 Å². The van der Waals surface area contributed by atoms with E-state index in [1.165, 1.54) is 0 Å². The predicted molar refractivity (Wildman–Crippen MR) is 97.4 cm³/mol. The van der Waals surface area contributed by atoms with Crippen LogP contribution >= 0.6 is 23.8 Å². The third-order valence-corrected chi connectivity index (χ3v) is 4.46. The average molecular weight is 361 g/mol. The number of hydrogen-bond donors (Lipinski definition) is 1.